The van der Waals surface area contributed by atoms with Gasteiger partial charge >= 0.3 is 0 Å². The second kappa shape index (κ2) is 11.8. The molecule has 15 heteroatoms. The van der Waals surface area contributed by atoms with Gasteiger partial charge in [0.15, 0.2) is 17.4 Å². The second-order valence-corrected chi connectivity index (χ2v) is 11.3. The maximum absolute atomic E-state index is 13.6. The Balaban J connectivity index is 1.72. The molecular weight excluding hydrogens is 538 g/mol. The van der Waals surface area contributed by atoms with Gasteiger partial charge in [-0.05, 0) is 33.8 Å². The van der Waals surface area contributed by atoms with Crippen LogP contribution in [0.5, 0.6) is 11.6 Å². The van der Waals surface area contributed by atoms with Gasteiger partial charge in [-0.25, -0.2) is 23.4 Å². The fourth-order valence-corrected chi connectivity index (χ4v) is 5.16. The van der Waals surface area contributed by atoms with E-state index in [1.54, 1.807) is 37.8 Å². The number of ether oxygens (including phenoxy) is 4. The van der Waals surface area contributed by atoms with Crippen molar-refractivity contribution >= 4 is 27.6 Å². The third kappa shape index (κ3) is 5.82. The SMILES string of the molecule is CCOc1nccc2c1OC[C@@H](COC)n1c(NS(=O)(=O)[C@@H](C)[C@H](OC(C)C)c3ncc(Cl)cn3)nnc1-2. The first-order valence-electron chi connectivity index (χ1n) is 12.0. The van der Waals surface area contributed by atoms with Crippen molar-refractivity contribution in [1.29, 1.82) is 0 Å². The van der Waals surface area contributed by atoms with Crippen LogP contribution in [0.3, 0.4) is 0 Å². The first-order valence-corrected chi connectivity index (χ1v) is 13.9. The van der Waals surface area contributed by atoms with Crippen molar-refractivity contribution in [2.45, 2.75) is 51.2 Å². The zero-order valence-electron chi connectivity index (χ0n) is 21.7. The van der Waals surface area contributed by atoms with E-state index in [0.29, 0.717) is 34.6 Å². The van der Waals surface area contributed by atoms with Crippen LogP contribution in [0.25, 0.3) is 11.4 Å². The highest BCUT2D eigenvalue weighted by Gasteiger charge is 2.37. The summed E-state index contributed by atoms with van der Waals surface area (Å²) in [6.07, 6.45) is 3.08. The van der Waals surface area contributed by atoms with Crippen molar-refractivity contribution in [3.8, 4) is 23.0 Å². The summed E-state index contributed by atoms with van der Waals surface area (Å²) in [4.78, 5) is 12.6. The van der Waals surface area contributed by atoms with Crippen LogP contribution in [-0.2, 0) is 19.5 Å². The maximum Gasteiger partial charge on any atom is 0.257 e. The van der Waals surface area contributed by atoms with Gasteiger partial charge in [-0.3, -0.25) is 9.29 Å². The molecular formula is C23H30ClN7O6S. The number of aromatic nitrogens is 6. The number of anilines is 1. The first-order chi connectivity index (χ1) is 18.2. The van der Waals surface area contributed by atoms with Crippen molar-refractivity contribution in [2.75, 3.05) is 31.7 Å². The van der Waals surface area contributed by atoms with Crippen molar-refractivity contribution in [1.82, 2.24) is 29.7 Å². The number of sulfonamides is 1. The molecule has 0 saturated carbocycles. The average Bonchev–Trinajstić information content (AvgIpc) is 3.20. The van der Waals surface area contributed by atoms with E-state index in [9.17, 15) is 8.42 Å². The van der Waals surface area contributed by atoms with Gasteiger partial charge < -0.3 is 18.9 Å². The zero-order valence-corrected chi connectivity index (χ0v) is 23.2. The molecule has 1 aliphatic rings. The smallest absolute Gasteiger partial charge is 0.257 e. The van der Waals surface area contributed by atoms with Crippen molar-refractivity contribution in [2.24, 2.45) is 0 Å². The normalized spacial score (nSPS) is 16.7. The lowest BCUT2D eigenvalue weighted by atomic mass is 10.2. The fourth-order valence-electron chi connectivity index (χ4n) is 3.97. The number of rotatable bonds is 11. The Morgan fingerprint density at radius 2 is 1.95 bits per heavy atom. The number of hydrogen-bond acceptors (Lipinski definition) is 11. The van der Waals surface area contributed by atoms with E-state index in [1.807, 2.05) is 6.92 Å². The molecule has 0 amide bonds. The van der Waals surface area contributed by atoms with E-state index >= 15 is 0 Å². The number of methoxy groups -OCH3 is 1. The van der Waals surface area contributed by atoms with E-state index in [1.165, 1.54) is 19.3 Å². The Hall–Kier alpha value is -3.07. The largest absolute Gasteiger partial charge is 0.485 e. The number of fused-ring (bicyclic) bond motifs is 3. The molecule has 0 aliphatic carbocycles. The Kier molecular flexibility index (Phi) is 8.65. The average molecular weight is 568 g/mol. The molecule has 38 heavy (non-hydrogen) atoms. The highest BCUT2D eigenvalue weighted by molar-refractivity contribution is 7.93. The van der Waals surface area contributed by atoms with Crippen LogP contribution in [0.1, 0.15) is 45.7 Å². The summed E-state index contributed by atoms with van der Waals surface area (Å²) in [7, 11) is -2.55. The molecule has 0 aromatic carbocycles. The second-order valence-electron chi connectivity index (χ2n) is 8.78. The molecule has 206 valence electrons. The number of pyridine rings is 1. The highest BCUT2D eigenvalue weighted by atomic mass is 35.5. The van der Waals surface area contributed by atoms with Crippen LogP contribution in [0.15, 0.2) is 24.7 Å². The van der Waals surface area contributed by atoms with Crippen LogP contribution in [-0.4, -0.2) is 76.4 Å². The Morgan fingerprint density at radius 1 is 1.21 bits per heavy atom. The van der Waals surface area contributed by atoms with Gasteiger partial charge in [0.2, 0.25) is 16.0 Å². The van der Waals surface area contributed by atoms with Crippen LogP contribution >= 0.6 is 11.6 Å². The predicted molar refractivity (Wildman–Crippen MR) is 139 cm³/mol. The molecule has 4 heterocycles. The van der Waals surface area contributed by atoms with Gasteiger partial charge in [-0.15, -0.1) is 10.2 Å². The zero-order chi connectivity index (χ0) is 27.4. The van der Waals surface area contributed by atoms with Gasteiger partial charge in [0.25, 0.3) is 5.88 Å². The van der Waals surface area contributed by atoms with Crippen molar-refractivity contribution < 1.29 is 27.4 Å². The van der Waals surface area contributed by atoms with Gasteiger partial charge in [0, 0.05) is 25.7 Å². The number of nitrogens with zero attached hydrogens (tertiary/aromatic N) is 6. The number of hydrogen-bond donors (Lipinski definition) is 1. The molecule has 4 rings (SSSR count). The van der Waals surface area contributed by atoms with Crippen molar-refractivity contribution in [3.63, 3.8) is 0 Å². The summed E-state index contributed by atoms with van der Waals surface area (Å²) in [5, 5.41) is 7.69. The summed E-state index contributed by atoms with van der Waals surface area (Å²) in [6, 6.07) is 1.25. The molecule has 1 aliphatic heterocycles. The first kappa shape index (κ1) is 28.0. The topological polar surface area (TPSA) is 152 Å². The molecule has 0 spiro atoms. The highest BCUT2D eigenvalue weighted by Crippen LogP contribution is 2.41. The molecule has 0 saturated heterocycles. The molecule has 0 fully saturated rings. The summed E-state index contributed by atoms with van der Waals surface area (Å²) >= 11 is 5.92. The van der Waals surface area contributed by atoms with E-state index < -0.39 is 27.4 Å². The Labute approximate surface area is 225 Å². The van der Waals surface area contributed by atoms with E-state index in [2.05, 4.69) is 29.9 Å². The van der Waals surface area contributed by atoms with Crippen LogP contribution in [0, 0.1) is 0 Å². The predicted octanol–water partition coefficient (Wildman–Crippen LogP) is 3.06. The molecule has 3 atom stereocenters. The standard InChI is InChI=1S/C23H30ClN7O6S/c1-6-35-22-19-17(7-8-25-22)21-28-29-23(31(21)16(11-34-5)12-36-19)30-38(32,33)14(4)18(37-13(2)3)20-26-9-15(24)10-27-20/h7-10,13-14,16,18H,6,11-12H2,1-5H3,(H,29,30)/t14-,16+,18-/m0/s1. The summed E-state index contributed by atoms with van der Waals surface area (Å²) in [6.45, 7) is 7.68. The van der Waals surface area contributed by atoms with Gasteiger partial charge in [0.1, 0.15) is 18.0 Å². The van der Waals surface area contributed by atoms with E-state index in [4.69, 9.17) is 30.5 Å². The van der Waals surface area contributed by atoms with Crippen LogP contribution in [0.4, 0.5) is 5.95 Å². The fraction of sp³-hybridized carbons (Fsp3) is 0.522. The number of nitrogens with one attached hydrogen (secondary N) is 1. The monoisotopic (exact) mass is 567 g/mol. The third-order valence-electron chi connectivity index (χ3n) is 5.70. The lowest BCUT2D eigenvalue weighted by molar-refractivity contribution is 0.00154. The van der Waals surface area contributed by atoms with Crippen molar-refractivity contribution in [3.05, 3.63) is 35.5 Å². The lowest BCUT2D eigenvalue weighted by Gasteiger charge is -2.26. The minimum atomic E-state index is -4.09. The minimum absolute atomic E-state index is 0.000411. The number of halogens is 1. The lowest BCUT2D eigenvalue weighted by Crippen LogP contribution is -2.35. The van der Waals surface area contributed by atoms with Gasteiger partial charge in [0.05, 0.1) is 35.9 Å². The quantitative estimate of drug-likeness (QED) is 0.363. The minimum Gasteiger partial charge on any atom is -0.485 e. The Morgan fingerprint density at radius 3 is 2.61 bits per heavy atom. The van der Waals surface area contributed by atoms with Crippen LogP contribution in [0.2, 0.25) is 5.02 Å². The third-order valence-corrected chi connectivity index (χ3v) is 7.59. The van der Waals surface area contributed by atoms with E-state index in [-0.39, 0.29) is 31.1 Å². The molecule has 13 nitrogen and oxygen atoms in total. The summed E-state index contributed by atoms with van der Waals surface area (Å²) in [5.74, 6) is 1.28. The maximum atomic E-state index is 13.6. The van der Waals surface area contributed by atoms with Gasteiger partial charge in [-0.1, -0.05) is 11.6 Å². The van der Waals surface area contributed by atoms with Gasteiger partial charge in [-0.2, -0.15) is 0 Å². The summed E-state index contributed by atoms with van der Waals surface area (Å²) in [5.41, 5.74) is 0.559. The molecule has 3 aromatic heterocycles. The Bertz CT molecular complexity index is 1350. The molecule has 0 radical (unpaired) electrons. The molecule has 1 N–H and O–H groups in total. The van der Waals surface area contributed by atoms with E-state index in [0.717, 1.165) is 0 Å². The molecule has 3 aromatic rings. The molecule has 0 bridgehead atoms. The van der Waals surface area contributed by atoms with Crippen LogP contribution < -0.4 is 14.2 Å². The summed E-state index contributed by atoms with van der Waals surface area (Å²) < 4.78 is 54.5. The molecule has 0 unspecified atom stereocenters.